The van der Waals surface area contributed by atoms with E-state index in [2.05, 4.69) is 20.8 Å². The minimum Gasteiger partial charge on any atom is -0.481 e. The predicted octanol–water partition coefficient (Wildman–Crippen LogP) is 0.0495. The van der Waals surface area contributed by atoms with Crippen LogP contribution < -0.4 is 10.6 Å². The molecule has 0 saturated carbocycles. The van der Waals surface area contributed by atoms with Crippen LogP contribution >= 0.6 is 0 Å². The molecule has 1 aromatic rings. The van der Waals surface area contributed by atoms with Gasteiger partial charge >= 0.3 is 12.0 Å². The first-order chi connectivity index (χ1) is 10.1. The third-order valence-corrected chi connectivity index (χ3v) is 3.56. The van der Waals surface area contributed by atoms with E-state index in [4.69, 9.17) is 9.84 Å². The summed E-state index contributed by atoms with van der Waals surface area (Å²) in [6.07, 6.45) is 3.40. The fraction of sp³-hybridized carbons (Fsp3) is 0.615. The third-order valence-electron chi connectivity index (χ3n) is 3.56. The highest BCUT2D eigenvalue weighted by atomic mass is 16.5. The highest BCUT2D eigenvalue weighted by Crippen LogP contribution is 2.13. The van der Waals surface area contributed by atoms with Gasteiger partial charge < -0.3 is 20.5 Å². The van der Waals surface area contributed by atoms with Gasteiger partial charge in [0.15, 0.2) is 0 Å². The maximum absolute atomic E-state index is 11.7. The summed E-state index contributed by atoms with van der Waals surface area (Å²) < 4.78 is 5.09. The second kappa shape index (κ2) is 7.07. The predicted molar refractivity (Wildman–Crippen MR) is 73.9 cm³/mol. The SMILES string of the molecule is Cc1[nH]ncc1CCCNC(=O)NC1COCC1C(=O)O. The minimum atomic E-state index is -0.951. The summed E-state index contributed by atoms with van der Waals surface area (Å²) in [5.41, 5.74) is 2.17. The smallest absolute Gasteiger partial charge is 0.315 e. The summed E-state index contributed by atoms with van der Waals surface area (Å²) in [7, 11) is 0. The van der Waals surface area contributed by atoms with Crippen molar-refractivity contribution in [3.8, 4) is 0 Å². The number of aliphatic carboxylic acids is 1. The Kier molecular flexibility index (Phi) is 5.15. The molecule has 2 amide bonds. The molecule has 4 N–H and O–H groups in total. The molecule has 8 heteroatoms. The molecule has 2 unspecified atom stereocenters. The van der Waals surface area contributed by atoms with Crippen molar-refractivity contribution in [2.24, 2.45) is 5.92 Å². The van der Waals surface area contributed by atoms with Crippen molar-refractivity contribution in [1.82, 2.24) is 20.8 Å². The first kappa shape index (κ1) is 15.3. The molecule has 2 heterocycles. The third kappa shape index (κ3) is 4.19. The molecule has 1 fully saturated rings. The molecule has 21 heavy (non-hydrogen) atoms. The van der Waals surface area contributed by atoms with Gasteiger partial charge in [0.25, 0.3) is 0 Å². The molecule has 116 valence electrons. The zero-order valence-corrected chi connectivity index (χ0v) is 11.9. The number of nitrogens with zero attached hydrogens (tertiary/aromatic N) is 1. The number of nitrogens with one attached hydrogen (secondary N) is 3. The highest BCUT2D eigenvalue weighted by Gasteiger charge is 2.34. The summed E-state index contributed by atoms with van der Waals surface area (Å²) in [6, 6.07) is -0.834. The number of urea groups is 1. The molecule has 8 nitrogen and oxygen atoms in total. The average molecular weight is 296 g/mol. The van der Waals surface area contributed by atoms with Gasteiger partial charge in [-0.15, -0.1) is 0 Å². The van der Waals surface area contributed by atoms with Gasteiger partial charge in [-0.1, -0.05) is 0 Å². The number of rotatable bonds is 6. The van der Waals surface area contributed by atoms with Crippen LogP contribution in [0.25, 0.3) is 0 Å². The normalized spacial score (nSPS) is 21.2. The topological polar surface area (TPSA) is 116 Å². The molecule has 1 saturated heterocycles. The van der Waals surface area contributed by atoms with Crippen LogP contribution in [0.3, 0.4) is 0 Å². The lowest BCUT2D eigenvalue weighted by atomic mass is 10.0. The number of carbonyl (C=O) groups is 2. The Morgan fingerprint density at radius 2 is 2.33 bits per heavy atom. The molecule has 2 atom stereocenters. The van der Waals surface area contributed by atoms with Gasteiger partial charge in [-0.05, 0) is 25.3 Å². The van der Waals surface area contributed by atoms with Crippen molar-refractivity contribution in [3.63, 3.8) is 0 Å². The quantitative estimate of drug-likeness (QED) is 0.553. The molecule has 0 aromatic carbocycles. The van der Waals surface area contributed by atoms with Crippen LogP contribution in [-0.2, 0) is 16.0 Å². The lowest BCUT2D eigenvalue weighted by Gasteiger charge is -2.16. The molecule has 0 radical (unpaired) electrons. The Morgan fingerprint density at radius 3 is 3.00 bits per heavy atom. The highest BCUT2D eigenvalue weighted by molar-refractivity contribution is 5.77. The number of amides is 2. The van der Waals surface area contributed by atoms with E-state index in [9.17, 15) is 9.59 Å². The maximum atomic E-state index is 11.7. The van der Waals surface area contributed by atoms with Gasteiger partial charge in [-0.25, -0.2) is 4.79 Å². The van der Waals surface area contributed by atoms with Gasteiger partial charge in [-0.3, -0.25) is 9.89 Å². The van der Waals surface area contributed by atoms with Crippen molar-refractivity contribution < 1.29 is 19.4 Å². The average Bonchev–Trinajstić information content (AvgIpc) is 3.04. The molecular weight excluding hydrogens is 276 g/mol. The van der Waals surface area contributed by atoms with Gasteiger partial charge in [0, 0.05) is 12.2 Å². The van der Waals surface area contributed by atoms with Crippen LogP contribution in [0.1, 0.15) is 17.7 Å². The first-order valence-electron chi connectivity index (χ1n) is 6.91. The number of hydrogen-bond acceptors (Lipinski definition) is 4. The van der Waals surface area contributed by atoms with Crippen LogP contribution in [-0.4, -0.2) is 53.1 Å². The number of H-pyrrole nitrogens is 1. The number of ether oxygens (including phenoxy) is 1. The van der Waals surface area contributed by atoms with Crippen molar-refractivity contribution >= 4 is 12.0 Å². The lowest BCUT2D eigenvalue weighted by molar-refractivity contribution is -0.142. The number of carboxylic acid groups (broad SMARTS) is 1. The molecule has 1 aromatic heterocycles. The van der Waals surface area contributed by atoms with E-state index in [1.54, 1.807) is 6.20 Å². The standard InChI is InChI=1S/C13H20N4O4/c1-8-9(5-15-17-8)3-2-4-14-13(20)16-11-7-21-6-10(11)12(18)19/h5,10-11H,2-4,6-7H2,1H3,(H,15,17)(H,18,19)(H2,14,16,20). The van der Waals surface area contributed by atoms with E-state index in [1.165, 1.54) is 0 Å². The maximum Gasteiger partial charge on any atom is 0.315 e. The lowest BCUT2D eigenvalue weighted by Crippen LogP contribution is -2.47. The van der Waals surface area contributed by atoms with Crippen LogP contribution in [0.15, 0.2) is 6.20 Å². The van der Waals surface area contributed by atoms with E-state index in [0.29, 0.717) is 6.54 Å². The van der Waals surface area contributed by atoms with Gasteiger partial charge in [0.05, 0.1) is 25.5 Å². The number of carboxylic acids is 1. The Hall–Kier alpha value is -2.09. The second-order valence-corrected chi connectivity index (χ2v) is 5.11. The number of aromatic nitrogens is 2. The first-order valence-corrected chi connectivity index (χ1v) is 6.91. The Morgan fingerprint density at radius 1 is 1.52 bits per heavy atom. The minimum absolute atomic E-state index is 0.139. The van der Waals surface area contributed by atoms with Gasteiger partial charge in [-0.2, -0.15) is 5.10 Å². The molecule has 2 rings (SSSR count). The molecule has 0 spiro atoms. The Bertz CT molecular complexity index is 502. The van der Waals surface area contributed by atoms with E-state index in [0.717, 1.165) is 24.1 Å². The number of aromatic amines is 1. The number of hydrogen-bond donors (Lipinski definition) is 4. The summed E-state index contributed by atoms with van der Waals surface area (Å²) in [6.45, 7) is 2.84. The van der Waals surface area contributed by atoms with Crippen molar-refractivity contribution in [2.45, 2.75) is 25.8 Å². The van der Waals surface area contributed by atoms with E-state index in [1.807, 2.05) is 6.92 Å². The van der Waals surface area contributed by atoms with Crippen molar-refractivity contribution in [1.29, 1.82) is 0 Å². The fourth-order valence-electron chi connectivity index (χ4n) is 2.27. The van der Waals surface area contributed by atoms with Gasteiger partial charge in [0.1, 0.15) is 5.92 Å². The van der Waals surface area contributed by atoms with Crippen LogP contribution in [0.4, 0.5) is 4.79 Å². The zero-order valence-electron chi connectivity index (χ0n) is 11.9. The zero-order chi connectivity index (χ0) is 15.2. The second-order valence-electron chi connectivity index (χ2n) is 5.11. The Labute approximate surface area is 122 Å². The number of aryl methyl sites for hydroxylation is 2. The summed E-state index contributed by atoms with van der Waals surface area (Å²) >= 11 is 0. The number of carbonyl (C=O) groups excluding carboxylic acids is 1. The van der Waals surface area contributed by atoms with E-state index < -0.39 is 17.9 Å². The monoisotopic (exact) mass is 296 g/mol. The fourth-order valence-corrected chi connectivity index (χ4v) is 2.27. The summed E-state index contributed by atoms with van der Waals surface area (Å²) in [4.78, 5) is 22.7. The van der Waals surface area contributed by atoms with E-state index >= 15 is 0 Å². The van der Waals surface area contributed by atoms with Crippen molar-refractivity contribution in [2.75, 3.05) is 19.8 Å². The Balaban J connectivity index is 1.66. The molecule has 1 aliphatic heterocycles. The molecule has 1 aliphatic rings. The van der Waals surface area contributed by atoms with Crippen LogP contribution in [0.5, 0.6) is 0 Å². The summed E-state index contributed by atoms with van der Waals surface area (Å²) in [5.74, 6) is -1.63. The molecule has 0 aliphatic carbocycles. The van der Waals surface area contributed by atoms with E-state index in [-0.39, 0.29) is 19.2 Å². The van der Waals surface area contributed by atoms with Crippen molar-refractivity contribution in [3.05, 3.63) is 17.5 Å². The van der Waals surface area contributed by atoms with Crippen LogP contribution in [0, 0.1) is 12.8 Å². The molecule has 0 bridgehead atoms. The van der Waals surface area contributed by atoms with Gasteiger partial charge in [0.2, 0.25) is 0 Å². The molecular formula is C13H20N4O4. The van der Waals surface area contributed by atoms with Crippen LogP contribution in [0.2, 0.25) is 0 Å². The summed E-state index contributed by atoms with van der Waals surface area (Å²) in [5, 5.41) is 21.1. The largest absolute Gasteiger partial charge is 0.481 e.